The summed E-state index contributed by atoms with van der Waals surface area (Å²) < 4.78 is 5.33. The molecule has 0 heterocycles. The molecular formula is C15H28N2O2. The van der Waals surface area contributed by atoms with Gasteiger partial charge in [0.25, 0.3) is 0 Å². The quantitative estimate of drug-likeness (QED) is 0.815. The molecule has 1 amide bonds. The number of hydrogen-bond acceptors (Lipinski definition) is 3. The van der Waals surface area contributed by atoms with E-state index in [9.17, 15) is 4.79 Å². The van der Waals surface area contributed by atoms with E-state index in [1.165, 1.54) is 19.3 Å². The Morgan fingerprint density at radius 1 is 1.32 bits per heavy atom. The Balaban J connectivity index is 1.87. The van der Waals surface area contributed by atoms with Crippen molar-refractivity contribution >= 4 is 5.91 Å². The maximum atomic E-state index is 12.3. The van der Waals surface area contributed by atoms with Crippen molar-refractivity contribution < 1.29 is 9.53 Å². The summed E-state index contributed by atoms with van der Waals surface area (Å²) in [5.74, 6) is 1.45. The van der Waals surface area contributed by atoms with Crippen LogP contribution in [0.3, 0.4) is 0 Å². The summed E-state index contributed by atoms with van der Waals surface area (Å²) in [4.78, 5) is 12.3. The Morgan fingerprint density at radius 2 is 1.89 bits per heavy atom. The largest absolute Gasteiger partial charge is 0.377 e. The lowest BCUT2D eigenvalue weighted by Gasteiger charge is -2.43. The lowest BCUT2D eigenvalue weighted by atomic mass is 9.65. The van der Waals surface area contributed by atoms with Crippen LogP contribution in [0.15, 0.2) is 0 Å². The van der Waals surface area contributed by atoms with Crippen LogP contribution < -0.4 is 11.1 Å². The molecule has 4 heteroatoms. The molecule has 2 aliphatic carbocycles. The predicted octanol–water partition coefficient (Wildman–Crippen LogP) is 1.68. The van der Waals surface area contributed by atoms with Gasteiger partial charge in [-0.2, -0.15) is 0 Å². The first-order valence-corrected chi connectivity index (χ1v) is 7.51. The number of methoxy groups -OCH3 is 1. The van der Waals surface area contributed by atoms with Crippen LogP contribution in [0.4, 0.5) is 0 Å². The normalized spacial score (nSPS) is 34.9. The maximum absolute atomic E-state index is 12.3. The van der Waals surface area contributed by atoms with E-state index in [-0.39, 0.29) is 17.4 Å². The van der Waals surface area contributed by atoms with E-state index in [1.807, 2.05) is 13.8 Å². The summed E-state index contributed by atoms with van der Waals surface area (Å²) >= 11 is 0. The summed E-state index contributed by atoms with van der Waals surface area (Å²) in [6.45, 7) is 4.54. The highest BCUT2D eigenvalue weighted by Crippen LogP contribution is 2.41. The van der Waals surface area contributed by atoms with Gasteiger partial charge in [-0.05, 0) is 51.4 Å². The van der Waals surface area contributed by atoms with Crippen LogP contribution in [0.1, 0.15) is 46.0 Å². The first kappa shape index (κ1) is 14.8. The molecule has 0 spiro atoms. The van der Waals surface area contributed by atoms with E-state index >= 15 is 0 Å². The van der Waals surface area contributed by atoms with Crippen molar-refractivity contribution in [2.75, 3.05) is 13.7 Å². The van der Waals surface area contributed by atoms with Crippen LogP contribution in [0.2, 0.25) is 0 Å². The van der Waals surface area contributed by atoms with Crippen molar-refractivity contribution in [3.63, 3.8) is 0 Å². The van der Waals surface area contributed by atoms with Gasteiger partial charge in [-0.1, -0.05) is 6.42 Å². The van der Waals surface area contributed by atoms with Crippen molar-refractivity contribution in [1.29, 1.82) is 0 Å². The molecule has 2 bridgehead atoms. The first-order valence-electron chi connectivity index (χ1n) is 7.51. The highest BCUT2D eigenvalue weighted by molar-refractivity contribution is 5.78. The molecule has 0 aromatic carbocycles. The van der Waals surface area contributed by atoms with Gasteiger partial charge < -0.3 is 15.8 Å². The van der Waals surface area contributed by atoms with Gasteiger partial charge in [-0.15, -0.1) is 0 Å². The number of nitrogens with one attached hydrogen (secondary N) is 1. The Labute approximate surface area is 116 Å². The van der Waals surface area contributed by atoms with Crippen LogP contribution in [0, 0.1) is 17.8 Å². The number of carbonyl (C=O) groups is 1. The average Bonchev–Trinajstić information content (AvgIpc) is 2.36. The third kappa shape index (κ3) is 3.48. The molecule has 0 aromatic rings. The van der Waals surface area contributed by atoms with Crippen LogP contribution in [0.25, 0.3) is 0 Å². The van der Waals surface area contributed by atoms with Crippen molar-refractivity contribution in [3.8, 4) is 0 Å². The fourth-order valence-corrected chi connectivity index (χ4v) is 3.52. The molecule has 4 nitrogen and oxygen atoms in total. The lowest BCUT2D eigenvalue weighted by molar-refractivity contribution is -0.129. The summed E-state index contributed by atoms with van der Waals surface area (Å²) in [6, 6.07) is 0.327. The van der Waals surface area contributed by atoms with Crippen molar-refractivity contribution in [3.05, 3.63) is 0 Å². The molecule has 2 fully saturated rings. The number of hydrogen-bond donors (Lipinski definition) is 2. The number of fused-ring (bicyclic) bond motifs is 2. The fourth-order valence-electron chi connectivity index (χ4n) is 3.52. The molecule has 0 aliphatic heterocycles. The minimum Gasteiger partial charge on any atom is -0.377 e. The molecular weight excluding hydrogens is 240 g/mol. The third-order valence-electron chi connectivity index (χ3n) is 5.02. The Bertz CT molecular complexity index is 316. The zero-order valence-electron chi connectivity index (χ0n) is 12.4. The summed E-state index contributed by atoms with van der Waals surface area (Å²) in [5, 5.41) is 3.04. The van der Waals surface area contributed by atoms with E-state index in [0.717, 1.165) is 12.8 Å². The molecule has 2 aliphatic rings. The number of nitrogens with two attached hydrogens (primary N) is 1. The van der Waals surface area contributed by atoms with Crippen LogP contribution in [0.5, 0.6) is 0 Å². The second kappa shape index (κ2) is 5.80. The molecule has 0 aromatic heterocycles. The molecule has 2 rings (SSSR count). The summed E-state index contributed by atoms with van der Waals surface area (Å²) in [5.41, 5.74) is 5.96. The molecule has 0 saturated heterocycles. The van der Waals surface area contributed by atoms with Crippen molar-refractivity contribution in [1.82, 2.24) is 5.32 Å². The summed E-state index contributed by atoms with van der Waals surface area (Å²) in [7, 11) is 1.68. The Morgan fingerprint density at radius 3 is 2.42 bits per heavy atom. The van der Waals surface area contributed by atoms with E-state index in [4.69, 9.17) is 10.5 Å². The van der Waals surface area contributed by atoms with Crippen molar-refractivity contribution in [2.24, 2.45) is 23.5 Å². The SMILES string of the molecule is COC(C)(C)CNC(=O)C1CC2CCCC(C1)C2N. The maximum Gasteiger partial charge on any atom is 0.223 e. The van der Waals surface area contributed by atoms with Gasteiger partial charge in [0, 0.05) is 25.6 Å². The van der Waals surface area contributed by atoms with Gasteiger partial charge in [0.15, 0.2) is 0 Å². The molecule has 2 unspecified atom stereocenters. The smallest absolute Gasteiger partial charge is 0.223 e. The van der Waals surface area contributed by atoms with Gasteiger partial charge in [-0.3, -0.25) is 4.79 Å². The third-order valence-corrected chi connectivity index (χ3v) is 5.02. The number of carbonyl (C=O) groups excluding carboxylic acids is 1. The fraction of sp³-hybridized carbons (Fsp3) is 0.933. The van der Waals surface area contributed by atoms with E-state index in [0.29, 0.717) is 24.4 Å². The highest BCUT2D eigenvalue weighted by atomic mass is 16.5. The molecule has 2 saturated carbocycles. The van der Waals surface area contributed by atoms with E-state index < -0.39 is 0 Å². The van der Waals surface area contributed by atoms with E-state index in [1.54, 1.807) is 7.11 Å². The minimum atomic E-state index is -0.295. The topological polar surface area (TPSA) is 64.3 Å². The second-order valence-corrected chi connectivity index (χ2v) is 6.88. The van der Waals surface area contributed by atoms with E-state index in [2.05, 4.69) is 5.32 Å². The van der Waals surface area contributed by atoms with Gasteiger partial charge in [0.05, 0.1) is 5.60 Å². The van der Waals surface area contributed by atoms with Crippen LogP contribution in [-0.4, -0.2) is 31.2 Å². The minimum absolute atomic E-state index is 0.155. The highest BCUT2D eigenvalue weighted by Gasteiger charge is 2.40. The lowest BCUT2D eigenvalue weighted by Crippen LogP contribution is -2.50. The van der Waals surface area contributed by atoms with Crippen LogP contribution >= 0.6 is 0 Å². The van der Waals surface area contributed by atoms with Gasteiger partial charge in [0.1, 0.15) is 0 Å². The predicted molar refractivity (Wildman–Crippen MR) is 75.6 cm³/mol. The zero-order valence-corrected chi connectivity index (χ0v) is 12.4. The average molecular weight is 268 g/mol. The number of amides is 1. The molecule has 2 atom stereocenters. The summed E-state index contributed by atoms with van der Waals surface area (Å²) in [6.07, 6.45) is 5.62. The molecule has 19 heavy (non-hydrogen) atoms. The number of rotatable bonds is 4. The second-order valence-electron chi connectivity index (χ2n) is 6.88. The first-order chi connectivity index (χ1) is 8.93. The van der Waals surface area contributed by atoms with Crippen molar-refractivity contribution in [2.45, 2.75) is 57.6 Å². The Hall–Kier alpha value is -0.610. The molecule has 3 N–H and O–H groups in total. The standard InChI is InChI=1S/C15H28N2O2/c1-15(2,19-3)9-17-14(18)12-7-10-5-4-6-11(8-12)13(10)16/h10-13H,4-9,16H2,1-3H3,(H,17,18). The zero-order chi connectivity index (χ0) is 14.0. The van der Waals surface area contributed by atoms with Gasteiger partial charge in [0.2, 0.25) is 5.91 Å². The van der Waals surface area contributed by atoms with Gasteiger partial charge >= 0.3 is 0 Å². The van der Waals surface area contributed by atoms with Gasteiger partial charge in [-0.25, -0.2) is 0 Å². The van der Waals surface area contributed by atoms with Crippen LogP contribution in [-0.2, 0) is 9.53 Å². The molecule has 110 valence electrons. The monoisotopic (exact) mass is 268 g/mol. The Kier molecular flexibility index (Phi) is 4.51. The molecule has 0 radical (unpaired) electrons. The number of ether oxygens (including phenoxy) is 1.